The summed E-state index contributed by atoms with van der Waals surface area (Å²) in [6.45, 7) is 10.7. The van der Waals surface area contributed by atoms with Gasteiger partial charge in [0.05, 0.1) is 12.8 Å². The SMILES string of the molecule is CCN(CC)CCCC(C)NC(=NC)NCc1ccco1.I. The molecule has 0 aromatic carbocycles. The molecule has 0 radical (unpaired) electrons. The van der Waals surface area contributed by atoms with Crippen LogP contribution in [-0.2, 0) is 6.54 Å². The van der Waals surface area contributed by atoms with Crippen molar-refractivity contribution in [3.63, 3.8) is 0 Å². The fourth-order valence-corrected chi connectivity index (χ4v) is 2.25. The van der Waals surface area contributed by atoms with Gasteiger partial charge in [-0.1, -0.05) is 13.8 Å². The molecule has 6 heteroatoms. The predicted octanol–water partition coefficient (Wildman–Crippen LogP) is 3.07. The fraction of sp³-hybridized carbons (Fsp3) is 0.688. The summed E-state index contributed by atoms with van der Waals surface area (Å²) >= 11 is 0. The number of furan rings is 1. The summed E-state index contributed by atoms with van der Waals surface area (Å²) in [5.41, 5.74) is 0. The Labute approximate surface area is 152 Å². The van der Waals surface area contributed by atoms with Gasteiger partial charge in [-0.05, 0) is 51.5 Å². The monoisotopic (exact) mass is 422 g/mol. The van der Waals surface area contributed by atoms with E-state index in [9.17, 15) is 0 Å². The highest BCUT2D eigenvalue weighted by Crippen LogP contribution is 2.01. The van der Waals surface area contributed by atoms with Crippen molar-refractivity contribution in [2.24, 2.45) is 4.99 Å². The van der Waals surface area contributed by atoms with E-state index >= 15 is 0 Å². The summed E-state index contributed by atoms with van der Waals surface area (Å²) < 4.78 is 5.30. The van der Waals surface area contributed by atoms with Crippen molar-refractivity contribution in [1.82, 2.24) is 15.5 Å². The molecule has 0 bridgehead atoms. The van der Waals surface area contributed by atoms with E-state index < -0.39 is 0 Å². The summed E-state index contributed by atoms with van der Waals surface area (Å²) in [6.07, 6.45) is 4.02. The normalized spacial score (nSPS) is 12.9. The first kappa shape index (κ1) is 21.2. The van der Waals surface area contributed by atoms with Gasteiger partial charge in [-0.25, -0.2) is 0 Å². The lowest BCUT2D eigenvalue weighted by Gasteiger charge is -2.21. The summed E-state index contributed by atoms with van der Waals surface area (Å²) in [4.78, 5) is 6.70. The van der Waals surface area contributed by atoms with E-state index in [1.54, 1.807) is 13.3 Å². The second-order valence-corrected chi connectivity index (χ2v) is 5.22. The van der Waals surface area contributed by atoms with Gasteiger partial charge in [0, 0.05) is 13.1 Å². The zero-order valence-corrected chi connectivity index (χ0v) is 16.6. The molecule has 0 aliphatic rings. The van der Waals surface area contributed by atoms with Gasteiger partial charge in [0.2, 0.25) is 0 Å². The third kappa shape index (κ3) is 8.63. The Bertz CT molecular complexity index is 391. The second-order valence-electron chi connectivity index (χ2n) is 5.22. The number of rotatable bonds is 9. The zero-order chi connectivity index (χ0) is 15.5. The van der Waals surface area contributed by atoms with E-state index in [0.717, 1.165) is 37.8 Å². The number of nitrogens with zero attached hydrogens (tertiary/aromatic N) is 2. The molecule has 0 aliphatic heterocycles. The van der Waals surface area contributed by atoms with Gasteiger partial charge in [-0.3, -0.25) is 4.99 Å². The van der Waals surface area contributed by atoms with Crippen LogP contribution in [0.15, 0.2) is 27.8 Å². The fourth-order valence-electron chi connectivity index (χ4n) is 2.25. The average molecular weight is 422 g/mol. The Balaban J connectivity index is 0.00000441. The lowest BCUT2D eigenvalue weighted by atomic mass is 10.2. The number of guanidine groups is 1. The van der Waals surface area contributed by atoms with Crippen LogP contribution in [0.1, 0.15) is 39.4 Å². The molecule has 0 aliphatic carbocycles. The Morgan fingerprint density at radius 2 is 2.09 bits per heavy atom. The molecule has 1 aromatic heterocycles. The summed E-state index contributed by atoms with van der Waals surface area (Å²) in [5, 5.41) is 6.68. The van der Waals surface area contributed by atoms with E-state index in [2.05, 4.69) is 41.3 Å². The van der Waals surface area contributed by atoms with Gasteiger partial charge in [0.25, 0.3) is 0 Å². The smallest absolute Gasteiger partial charge is 0.191 e. The number of nitrogens with one attached hydrogen (secondary N) is 2. The third-order valence-electron chi connectivity index (χ3n) is 3.62. The standard InChI is InChI=1S/C16H30N4O.HI/c1-5-20(6-2)11-7-9-14(3)19-16(17-4)18-13-15-10-8-12-21-15;/h8,10,12,14H,5-7,9,11,13H2,1-4H3,(H2,17,18,19);1H. The van der Waals surface area contributed by atoms with E-state index in [1.165, 1.54) is 6.42 Å². The number of hydrogen-bond acceptors (Lipinski definition) is 3. The van der Waals surface area contributed by atoms with Crippen molar-refractivity contribution in [1.29, 1.82) is 0 Å². The molecule has 5 nitrogen and oxygen atoms in total. The van der Waals surface area contributed by atoms with Gasteiger partial charge < -0.3 is 20.0 Å². The summed E-state index contributed by atoms with van der Waals surface area (Å²) in [7, 11) is 1.79. The molecule has 22 heavy (non-hydrogen) atoms. The molecule has 0 spiro atoms. The zero-order valence-electron chi connectivity index (χ0n) is 14.3. The van der Waals surface area contributed by atoms with Crippen LogP contribution in [0, 0.1) is 0 Å². The first-order valence-corrected chi connectivity index (χ1v) is 7.91. The molecular weight excluding hydrogens is 391 g/mol. The Morgan fingerprint density at radius 1 is 1.36 bits per heavy atom. The van der Waals surface area contributed by atoms with Crippen molar-refractivity contribution >= 4 is 29.9 Å². The maximum atomic E-state index is 5.30. The second kappa shape index (κ2) is 12.8. The molecule has 1 unspecified atom stereocenters. The first-order chi connectivity index (χ1) is 10.2. The van der Waals surface area contributed by atoms with Crippen LogP contribution < -0.4 is 10.6 Å². The summed E-state index contributed by atoms with van der Waals surface area (Å²) in [6, 6.07) is 4.25. The Morgan fingerprint density at radius 3 is 2.64 bits per heavy atom. The molecule has 1 rings (SSSR count). The Hall–Kier alpha value is -0.760. The molecule has 2 N–H and O–H groups in total. The van der Waals surface area contributed by atoms with Crippen molar-refractivity contribution in [3.8, 4) is 0 Å². The minimum Gasteiger partial charge on any atom is -0.467 e. The van der Waals surface area contributed by atoms with Gasteiger partial charge in [0.15, 0.2) is 5.96 Å². The molecule has 1 atom stereocenters. The van der Waals surface area contributed by atoms with Crippen molar-refractivity contribution in [2.75, 3.05) is 26.7 Å². The molecule has 1 heterocycles. The van der Waals surface area contributed by atoms with Crippen molar-refractivity contribution < 1.29 is 4.42 Å². The maximum Gasteiger partial charge on any atom is 0.191 e. The lowest BCUT2D eigenvalue weighted by Crippen LogP contribution is -2.42. The van der Waals surface area contributed by atoms with Crippen LogP contribution in [0.4, 0.5) is 0 Å². The van der Waals surface area contributed by atoms with E-state index in [-0.39, 0.29) is 24.0 Å². The van der Waals surface area contributed by atoms with Crippen molar-refractivity contribution in [3.05, 3.63) is 24.2 Å². The molecule has 0 saturated heterocycles. The molecule has 0 amide bonds. The van der Waals surface area contributed by atoms with Crippen molar-refractivity contribution in [2.45, 2.75) is 46.2 Å². The maximum absolute atomic E-state index is 5.30. The lowest BCUT2D eigenvalue weighted by molar-refractivity contribution is 0.292. The number of hydrogen-bond donors (Lipinski definition) is 2. The van der Waals surface area contributed by atoms with Crippen LogP contribution in [-0.4, -0.2) is 43.6 Å². The van der Waals surface area contributed by atoms with Gasteiger partial charge in [-0.15, -0.1) is 24.0 Å². The topological polar surface area (TPSA) is 52.8 Å². The molecule has 1 aromatic rings. The predicted molar refractivity (Wildman–Crippen MR) is 104 cm³/mol. The minimum absolute atomic E-state index is 0. The van der Waals surface area contributed by atoms with Gasteiger partial charge >= 0.3 is 0 Å². The molecular formula is C16H31IN4O. The number of halogens is 1. The number of aliphatic imine (C=N–C) groups is 1. The minimum atomic E-state index is 0. The highest BCUT2D eigenvalue weighted by atomic mass is 127. The molecule has 128 valence electrons. The van der Waals surface area contributed by atoms with Crippen LogP contribution in [0.3, 0.4) is 0 Å². The quantitative estimate of drug-likeness (QED) is 0.365. The van der Waals surface area contributed by atoms with Crippen LogP contribution in [0.5, 0.6) is 0 Å². The summed E-state index contributed by atoms with van der Waals surface area (Å²) in [5.74, 6) is 1.73. The van der Waals surface area contributed by atoms with E-state index in [0.29, 0.717) is 12.6 Å². The van der Waals surface area contributed by atoms with E-state index in [1.807, 2.05) is 12.1 Å². The van der Waals surface area contributed by atoms with Crippen LogP contribution in [0.2, 0.25) is 0 Å². The van der Waals surface area contributed by atoms with E-state index in [4.69, 9.17) is 4.42 Å². The van der Waals surface area contributed by atoms with Crippen LogP contribution >= 0.6 is 24.0 Å². The third-order valence-corrected chi connectivity index (χ3v) is 3.62. The highest BCUT2D eigenvalue weighted by Gasteiger charge is 2.07. The van der Waals surface area contributed by atoms with Gasteiger partial charge in [-0.2, -0.15) is 0 Å². The highest BCUT2D eigenvalue weighted by molar-refractivity contribution is 14.0. The Kier molecular flexibility index (Phi) is 12.3. The van der Waals surface area contributed by atoms with Crippen LogP contribution in [0.25, 0.3) is 0 Å². The first-order valence-electron chi connectivity index (χ1n) is 7.91. The van der Waals surface area contributed by atoms with Gasteiger partial charge in [0.1, 0.15) is 5.76 Å². The molecule has 0 saturated carbocycles. The average Bonchev–Trinajstić information content (AvgIpc) is 3.01. The molecule has 0 fully saturated rings. The largest absolute Gasteiger partial charge is 0.467 e.